The van der Waals surface area contributed by atoms with Gasteiger partial charge in [0.1, 0.15) is 0 Å². The van der Waals surface area contributed by atoms with Crippen molar-refractivity contribution in [2.75, 3.05) is 20.8 Å². The zero-order valence-electron chi connectivity index (χ0n) is 17.4. The Hall–Kier alpha value is -2.24. The highest BCUT2D eigenvalue weighted by atomic mass is 16.6. The second kappa shape index (κ2) is 6.68. The molecule has 2 heterocycles. The van der Waals surface area contributed by atoms with Crippen LogP contribution in [0.4, 0.5) is 0 Å². The van der Waals surface area contributed by atoms with E-state index in [1.807, 2.05) is 18.2 Å². The van der Waals surface area contributed by atoms with Crippen molar-refractivity contribution in [3.05, 3.63) is 23.8 Å². The second-order valence-corrected chi connectivity index (χ2v) is 9.59. The topological polar surface area (TPSA) is 60.4 Å². The van der Waals surface area contributed by atoms with E-state index >= 15 is 0 Å². The minimum atomic E-state index is -0.533. The molecule has 2 bridgehead atoms. The van der Waals surface area contributed by atoms with Gasteiger partial charge in [0.2, 0.25) is 6.10 Å². The van der Waals surface area contributed by atoms with Crippen LogP contribution < -0.4 is 9.47 Å². The Labute approximate surface area is 166 Å². The Balaban J connectivity index is 1.46. The summed E-state index contributed by atoms with van der Waals surface area (Å²) in [6.45, 7) is 7.77. The number of carbonyl (C=O) groups is 1. The molecule has 6 heteroatoms. The number of methoxy groups -OCH3 is 2. The van der Waals surface area contributed by atoms with Crippen molar-refractivity contribution in [1.29, 1.82) is 0 Å². The Bertz CT molecular complexity index is 819. The predicted octanol–water partition coefficient (Wildman–Crippen LogP) is 3.62. The summed E-state index contributed by atoms with van der Waals surface area (Å²) in [5.74, 6) is 1.38. The number of ether oxygens (including phenoxy) is 2. The van der Waals surface area contributed by atoms with Crippen molar-refractivity contribution in [2.45, 2.75) is 58.6 Å². The maximum Gasteiger partial charge on any atom is 0.267 e. The van der Waals surface area contributed by atoms with Crippen LogP contribution in [-0.2, 0) is 9.63 Å². The van der Waals surface area contributed by atoms with Gasteiger partial charge < -0.3 is 19.2 Å². The third-order valence-corrected chi connectivity index (χ3v) is 6.36. The normalized spacial score (nSPS) is 30.6. The SMILES string of the molecule is COc1ccc(C2=NO[C@H](C(=O)N3C[C@]4(C)C[C@@H]3CC(C)(C)C4)C2)cc1OC. The Kier molecular flexibility index (Phi) is 4.55. The Morgan fingerprint density at radius 2 is 1.93 bits per heavy atom. The summed E-state index contributed by atoms with van der Waals surface area (Å²) in [6, 6.07) is 5.96. The van der Waals surface area contributed by atoms with Crippen LogP contribution in [-0.4, -0.2) is 49.4 Å². The second-order valence-electron chi connectivity index (χ2n) is 9.59. The Morgan fingerprint density at radius 1 is 1.18 bits per heavy atom. The number of nitrogens with zero attached hydrogens (tertiary/aromatic N) is 2. The van der Waals surface area contributed by atoms with E-state index in [0.717, 1.165) is 30.7 Å². The molecule has 0 aromatic heterocycles. The van der Waals surface area contributed by atoms with Crippen LogP contribution in [0, 0.1) is 10.8 Å². The van der Waals surface area contributed by atoms with E-state index in [0.29, 0.717) is 24.0 Å². The maximum absolute atomic E-state index is 13.2. The number of benzene rings is 1. The first kappa shape index (κ1) is 19.1. The van der Waals surface area contributed by atoms with E-state index in [1.54, 1.807) is 14.2 Å². The predicted molar refractivity (Wildman–Crippen MR) is 107 cm³/mol. The zero-order valence-corrected chi connectivity index (χ0v) is 17.4. The first-order valence-corrected chi connectivity index (χ1v) is 9.99. The molecule has 3 aliphatic rings. The molecule has 2 aliphatic heterocycles. The van der Waals surface area contributed by atoms with Crippen LogP contribution in [0.1, 0.15) is 52.0 Å². The van der Waals surface area contributed by atoms with Gasteiger partial charge in [-0.15, -0.1) is 0 Å². The van der Waals surface area contributed by atoms with Crippen molar-refractivity contribution >= 4 is 11.6 Å². The van der Waals surface area contributed by atoms with Gasteiger partial charge in [-0.3, -0.25) is 4.79 Å². The standard InChI is InChI=1S/C22H30N2O4/c1-21(2)10-15-11-22(3,12-21)13-24(15)20(25)19-9-16(23-28-19)14-6-7-17(26-4)18(8-14)27-5/h6-8,15,19H,9-13H2,1-5H3/t15-,19-,22+/m0/s1. The molecule has 0 radical (unpaired) electrons. The minimum Gasteiger partial charge on any atom is -0.493 e. The van der Waals surface area contributed by atoms with Gasteiger partial charge >= 0.3 is 0 Å². The molecule has 4 rings (SSSR count). The van der Waals surface area contributed by atoms with Gasteiger partial charge in [0.15, 0.2) is 11.5 Å². The monoisotopic (exact) mass is 386 g/mol. The van der Waals surface area contributed by atoms with E-state index in [9.17, 15) is 4.79 Å². The third-order valence-electron chi connectivity index (χ3n) is 6.36. The summed E-state index contributed by atoms with van der Waals surface area (Å²) in [5.41, 5.74) is 2.16. The number of hydrogen-bond donors (Lipinski definition) is 0. The summed E-state index contributed by atoms with van der Waals surface area (Å²) >= 11 is 0. The lowest BCUT2D eigenvalue weighted by molar-refractivity contribution is -0.143. The smallest absolute Gasteiger partial charge is 0.267 e. The van der Waals surface area contributed by atoms with E-state index in [-0.39, 0.29) is 16.7 Å². The van der Waals surface area contributed by atoms with E-state index < -0.39 is 6.10 Å². The van der Waals surface area contributed by atoms with Gasteiger partial charge in [-0.1, -0.05) is 25.9 Å². The molecule has 1 saturated heterocycles. The lowest BCUT2D eigenvalue weighted by atomic mass is 9.65. The highest BCUT2D eigenvalue weighted by Gasteiger charge is 2.52. The Morgan fingerprint density at radius 3 is 2.64 bits per heavy atom. The molecule has 0 spiro atoms. The fraction of sp³-hybridized carbons (Fsp3) is 0.636. The zero-order chi connectivity index (χ0) is 20.1. The van der Waals surface area contributed by atoms with Crippen LogP contribution in [0.3, 0.4) is 0 Å². The average Bonchev–Trinajstić information content (AvgIpc) is 3.22. The van der Waals surface area contributed by atoms with Gasteiger partial charge in [0.05, 0.1) is 19.9 Å². The molecule has 0 unspecified atom stereocenters. The van der Waals surface area contributed by atoms with Crippen LogP contribution in [0.25, 0.3) is 0 Å². The minimum absolute atomic E-state index is 0.0747. The molecule has 6 nitrogen and oxygen atoms in total. The fourth-order valence-electron chi connectivity index (χ4n) is 5.60. The number of carbonyl (C=O) groups excluding carboxylic acids is 1. The summed E-state index contributed by atoms with van der Waals surface area (Å²) in [7, 11) is 3.21. The number of amides is 1. The number of oxime groups is 1. The van der Waals surface area contributed by atoms with Gasteiger partial charge in [-0.05, 0) is 48.3 Å². The van der Waals surface area contributed by atoms with Crippen molar-refractivity contribution in [2.24, 2.45) is 16.0 Å². The first-order chi connectivity index (χ1) is 13.2. The van der Waals surface area contributed by atoms with Gasteiger partial charge in [0.25, 0.3) is 5.91 Å². The van der Waals surface area contributed by atoms with Crippen molar-refractivity contribution in [1.82, 2.24) is 4.90 Å². The molecule has 1 saturated carbocycles. The molecule has 28 heavy (non-hydrogen) atoms. The van der Waals surface area contributed by atoms with Crippen molar-refractivity contribution in [3.8, 4) is 11.5 Å². The molecular formula is C22H30N2O4. The highest BCUT2D eigenvalue weighted by Crippen LogP contribution is 2.52. The number of likely N-dealkylation sites (tertiary alicyclic amines) is 1. The number of fused-ring (bicyclic) bond motifs is 2. The fourth-order valence-corrected chi connectivity index (χ4v) is 5.60. The molecule has 152 valence electrons. The molecule has 2 fully saturated rings. The molecular weight excluding hydrogens is 356 g/mol. The summed E-state index contributed by atoms with van der Waals surface area (Å²) in [6.07, 6.45) is 3.27. The van der Waals surface area contributed by atoms with Crippen LogP contribution in [0.5, 0.6) is 11.5 Å². The van der Waals surface area contributed by atoms with Gasteiger partial charge in [0, 0.05) is 24.6 Å². The average molecular weight is 386 g/mol. The molecule has 1 amide bonds. The molecule has 1 aromatic carbocycles. The maximum atomic E-state index is 13.2. The lowest BCUT2D eigenvalue weighted by Gasteiger charge is -2.39. The highest BCUT2D eigenvalue weighted by molar-refractivity contribution is 6.04. The van der Waals surface area contributed by atoms with Gasteiger partial charge in [-0.25, -0.2) is 0 Å². The number of hydrogen-bond acceptors (Lipinski definition) is 5. The number of rotatable bonds is 4. The quantitative estimate of drug-likeness (QED) is 0.793. The molecule has 1 aromatic rings. The van der Waals surface area contributed by atoms with Crippen LogP contribution >= 0.6 is 0 Å². The van der Waals surface area contributed by atoms with Crippen molar-refractivity contribution in [3.63, 3.8) is 0 Å². The van der Waals surface area contributed by atoms with E-state index in [1.165, 1.54) is 6.42 Å². The van der Waals surface area contributed by atoms with Crippen LogP contribution in [0.15, 0.2) is 23.4 Å². The first-order valence-electron chi connectivity index (χ1n) is 9.99. The summed E-state index contributed by atoms with van der Waals surface area (Å²) in [4.78, 5) is 20.9. The molecule has 0 N–H and O–H groups in total. The molecule has 3 atom stereocenters. The van der Waals surface area contributed by atoms with Gasteiger partial charge in [-0.2, -0.15) is 0 Å². The van der Waals surface area contributed by atoms with Crippen LogP contribution in [0.2, 0.25) is 0 Å². The summed E-state index contributed by atoms with van der Waals surface area (Å²) in [5, 5.41) is 4.21. The molecule has 1 aliphatic carbocycles. The van der Waals surface area contributed by atoms with E-state index in [4.69, 9.17) is 14.3 Å². The third kappa shape index (κ3) is 3.33. The largest absolute Gasteiger partial charge is 0.493 e. The summed E-state index contributed by atoms with van der Waals surface area (Å²) < 4.78 is 10.7. The van der Waals surface area contributed by atoms with E-state index in [2.05, 4.69) is 30.8 Å². The van der Waals surface area contributed by atoms with Crippen molar-refractivity contribution < 1.29 is 19.1 Å². The lowest BCUT2D eigenvalue weighted by Crippen LogP contribution is -2.43.